The average molecular weight is 247 g/mol. The lowest BCUT2D eigenvalue weighted by Crippen LogP contribution is -2.37. The molecule has 1 aromatic carbocycles. The number of para-hydroxylation sites is 1. The van der Waals surface area contributed by atoms with Gasteiger partial charge in [-0.3, -0.25) is 0 Å². The zero-order chi connectivity index (χ0) is 13.0. The van der Waals surface area contributed by atoms with Crippen molar-refractivity contribution in [2.75, 3.05) is 6.61 Å². The zero-order valence-corrected chi connectivity index (χ0v) is 11.8. The molecule has 2 rings (SSSR count). The Balaban J connectivity index is 1.97. The number of nitrogens with one attached hydrogen (secondary N) is 1. The first-order chi connectivity index (χ1) is 8.63. The van der Waals surface area contributed by atoms with Crippen molar-refractivity contribution in [1.82, 2.24) is 5.32 Å². The lowest BCUT2D eigenvalue weighted by Gasteiger charge is -2.28. The quantitative estimate of drug-likeness (QED) is 0.855. The van der Waals surface area contributed by atoms with E-state index >= 15 is 0 Å². The van der Waals surface area contributed by atoms with E-state index in [-0.39, 0.29) is 0 Å². The van der Waals surface area contributed by atoms with Gasteiger partial charge in [0.2, 0.25) is 0 Å². The minimum atomic E-state index is 0.431. The van der Waals surface area contributed by atoms with Crippen LogP contribution in [-0.4, -0.2) is 12.6 Å². The van der Waals surface area contributed by atoms with Crippen molar-refractivity contribution in [3.8, 4) is 5.75 Å². The van der Waals surface area contributed by atoms with Crippen LogP contribution in [0, 0.1) is 5.41 Å². The summed E-state index contributed by atoms with van der Waals surface area (Å²) in [4.78, 5) is 0. The number of hydrogen-bond donors (Lipinski definition) is 1. The molecule has 0 aromatic heterocycles. The molecule has 1 atom stereocenters. The number of ether oxygens (including phenoxy) is 1. The second kappa shape index (κ2) is 5.75. The summed E-state index contributed by atoms with van der Waals surface area (Å²) in [5, 5.41) is 3.71. The van der Waals surface area contributed by atoms with Crippen LogP contribution < -0.4 is 10.1 Å². The fraction of sp³-hybridized carbons (Fsp3) is 0.625. The highest BCUT2D eigenvalue weighted by Gasteiger charge is 2.33. The molecule has 0 saturated heterocycles. The molecule has 0 aliphatic heterocycles. The van der Waals surface area contributed by atoms with Crippen LogP contribution >= 0.6 is 0 Å². The van der Waals surface area contributed by atoms with Crippen molar-refractivity contribution in [3.63, 3.8) is 0 Å². The van der Waals surface area contributed by atoms with Gasteiger partial charge in [-0.25, -0.2) is 0 Å². The van der Waals surface area contributed by atoms with Crippen molar-refractivity contribution in [2.24, 2.45) is 5.41 Å². The Labute approximate surface area is 111 Å². The number of rotatable bonds is 5. The Morgan fingerprint density at radius 1 is 1.33 bits per heavy atom. The molecule has 1 N–H and O–H groups in total. The van der Waals surface area contributed by atoms with Gasteiger partial charge in [0.05, 0.1) is 6.61 Å². The van der Waals surface area contributed by atoms with Crippen LogP contribution in [0.15, 0.2) is 24.3 Å². The van der Waals surface area contributed by atoms with Gasteiger partial charge >= 0.3 is 0 Å². The number of benzene rings is 1. The van der Waals surface area contributed by atoms with Gasteiger partial charge in [-0.15, -0.1) is 0 Å². The van der Waals surface area contributed by atoms with Crippen LogP contribution in [0.1, 0.15) is 45.6 Å². The first-order valence-electron chi connectivity index (χ1n) is 7.07. The largest absolute Gasteiger partial charge is 0.494 e. The van der Waals surface area contributed by atoms with Crippen molar-refractivity contribution < 1.29 is 4.74 Å². The summed E-state index contributed by atoms with van der Waals surface area (Å²) in [6.07, 6.45) is 3.97. The van der Waals surface area contributed by atoms with Crippen molar-refractivity contribution >= 4 is 0 Å². The lowest BCUT2D eigenvalue weighted by atomic mass is 9.87. The maximum atomic E-state index is 5.66. The van der Waals surface area contributed by atoms with Crippen LogP contribution in [0.2, 0.25) is 0 Å². The summed E-state index contributed by atoms with van der Waals surface area (Å²) in [6.45, 7) is 8.40. The summed E-state index contributed by atoms with van der Waals surface area (Å²) in [5.41, 5.74) is 1.70. The standard InChI is InChI=1S/C16H25NO/c1-4-18-14-9-6-5-8-13(14)12-17-15-10-7-11-16(15,2)3/h5-6,8-9,15,17H,4,7,10-12H2,1-3H3. The zero-order valence-electron chi connectivity index (χ0n) is 11.8. The third kappa shape index (κ3) is 3.05. The molecule has 1 aliphatic carbocycles. The predicted molar refractivity (Wildman–Crippen MR) is 75.9 cm³/mol. The van der Waals surface area contributed by atoms with Gasteiger partial charge < -0.3 is 10.1 Å². The van der Waals surface area contributed by atoms with E-state index in [9.17, 15) is 0 Å². The third-order valence-corrected chi connectivity index (χ3v) is 4.07. The van der Waals surface area contributed by atoms with E-state index in [1.54, 1.807) is 0 Å². The Kier molecular flexibility index (Phi) is 4.28. The number of hydrogen-bond acceptors (Lipinski definition) is 2. The van der Waals surface area contributed by atoms with Gasteiger partial charge in [0, 0.05) is 18.2 Å². The minimum absolute atomic E-state index is 0.431. The predicted octanol–water partition coefficient (Wildman–Crippen LogP) is 3.75. The van der Waals surface area contributed by atoms with E-state index in [1.165, 1.54) is 24.8 Å². The molecule has 0 heterocycles. The highest BCUT2D eigenvalue weighted by molar-refractivity contribution is 5.33. The SMILES string of the molecule is CCOc1ccccc1CNC1CCCC1(C)C. The molecular weight excluding hydrogens is 222 g/mol. The average Bonchev–Trinajstić information content (AvgIpc) is 2.68. The highest BCUT2D eigenvalue weighted by Crippen LogP contribution is 2.37. The van der Waals surface area contributed by atoms with Crippen LogP contribution in [0.25, 0.3) is 0 Å². The highest BCUT2D eigenvalue weighted by atomic mass is 16.5. The van der Waals surface area contributed by atoms with Gasteiger partial charge in [0.25, 0.3) is 0 Å². The van der Waals surface area contributed by atoms with Gasteiger partial charge in [-0.05, 0) is 31.2 Å². The summed E-state index contributed by atoms with van der Waals surface area (Å²) in [6, 6.07) is 8.96. The Morgan fingerprint density at radius 3 is 2.78 bits per heavy atom. The van der Waals surface area contributed by atoms with Crippen LogP contribution in [0.4, 0.5) is 0 Å². The van der Waals surface area contributed by atoms with Crippen molar-refractivity contribution in [2.45, 2.75) is 52.6 Å². The van der Waals surface area contributed by atoms with E-state index in [0.717, 1.165) is 18.9 Å². The molecule has 0 bridgehead atoms. The summed E-state index contributed by atoms with van der Waals surface area (Å²) < 4.78 is 5.66. The molecule has 1 fully saturated rings. The molecule has 1 aliphatic rings. The molecule has 1 saturated carbocycles. The molecule has 2 heteroatoms. The van der Waals surface area contributed by atoms with Crippen molar-refractivity contribution in [3.05, 3.63) is 29.8 Å². The first kappa shape index (κ1) is 13.4. The van der Waals surface area contributed by atoms with E-state index in [0.29, 0.717) is 11.5 Å². The molecule has 2 nitrogen and oxygen atoms in total. The maximum Gasteiger partial charge on any atom is 0.123 e. The van der Waals surface area contributed by atoms with Crippen molar-refractivity contribution in [1.29, 1.82) is 0 Å². The van der Waals surface area contributed by atoms with Gasteiger partial charge in [0.1, 0.15) is 5.75 Å². The van der Waals surface area contributed by atoms with E-state index in [4.69, 9.17) is 4.74 Å². The Hall–Kier alpha value is -1.02. The fourth-order valence-corrected chi connectivity index (χ4v) is 2.88. The second-order valence-electron chi connectivity index (χ2n) is 5.86. The first-order valence-corrected chi connectivity index (χ1v) is 7.07. The molecule has 0 amide bonds. The lowest BCUT2D eigenvalue weighted by molar-refractivity contribution is 0.279. The monoisotopic (exact) mass is 247 g/mol. The minimum Gasteiger partial charge on any atom is -0.494 e. The van der Waals surface area contributed by atoms with E-state index in [2.05, 4.69) is 37.4 Å². The van der Waals surface area contributed by atoms with Crippen LogP contribution in [0.3, 0.4) is 0 Å². The Bertz CT molecular complexity index is 386. The maximum absolute atomic E-state index is 5.66. The normalized spacial score (nSPS) is 22.1. The molecule has 100 valence electrons. The summed E-state index contributed by atoms with van der Waals surface area (Å²) >= 11 is 0. The molecule has 0 radical (unpaired) electrons. The van der Waals surface area contributed by atoms with Gasteiger partial charge in [-0.2, -0.15) is 0 Å². The fourth-order valence-electron chi connectivity index (χ4n) is 2.88. The molecule has 0 spiro atoms. The smallest absolute Gasteiger partial charge is 0.123 e. The second-order valence-corrected chi connectivity index (χ2v) is 5.86. The molecular formula is C16H25NO. The molecule has 1 unspecified atom stereocenters. The van der Waals surface area contributed by atoms with E-state index in [1.807, 2.05) is 13.0 Å². The van der Waals surface area contributed by atoms with Crippen LogP contribution in [-0.2, 0) is 6.54 Å². The summed E-state index contributed by atoms with van der Waals surface area (Å²) in [7, 11) is 0. The Morgan fingerprint density at radius 2 is 2.11 bits per heavy atom. The topological polar surface area (TPSA) is 21.3 Å². The molecule has 1 aromatic rings. The third-order valence-electron chi connectivity index (χ3n) is 4.07. The summed E-state index contributed by atoms with van der Waals surface area (Å²) in [5.74, 6) is 1.02. The van der Waals surface area contributed by atoms with E-state index < -0.39 is 0 Å². The van der Waals surface area contributed by atoms with Gasteiger partial charge in [-0.1, -0.05) is 38.5 Å². The molecule has 18 heavy (non-hydrogen) atoms. The van der Waals surface area contributed by atoms with Crippen LogP contribution in [0.5, 0.6) is 5.75 Å². The van der Waals surface area contributed by atoms with Gasteiger partial charge in [0.15, 0.2) is 0 Å².